The van der Waals surface area contributed by atoms with E-state index >= 15 is 0 Å². The molecular formula is C20H13N2NaO2S. The van der Waals surface area contributed by atoms with Crippen LogP contribution in [0, 0.1) is 0 Å². The van der Waals surface area contributed by atoms with Gasteiger partial charge < -0.3 is 10.4 Å². The minimum absolute atomic E-state index is 0. The standard InChI is InChI=1S/C20H14N2O2S.Na/c23-17-11-10-14(21-19(24)13-6-2-1-3-7-13)12-15(17)20-22-16-8-4-5-9-18(16)25-20;/h1-12,23H,(H,21,24);/q;+1/p-1. The second-order valence-electron chi connectivity index (χ2n) is 5.52. The Morgan fingerprint density at radius 3 is 2.46 bits per heavy atom. The zero-order valence-corrected chi connectivity index (χ0v) is 16.9. The molecule has 0 unspecified atom stereocenters. The van der Waals surface area contributed by atoms with Gasteiger partial charge in [0.25, 0.3) is 5.91 Å². The number of nitrogens with one attached hydrogen (secondary N) is 1. The molecule has 4 aromatic rings. The number of anilines is 1. The molecule has 4 nitrogen and oxygen atoms in total. The first-order valence-electron chi connectivity index (χ1n) is 7.74. The molecule has 0 saturated carbocycles. The molecule has 1 aromatic heterocycles. The summed E-state index contributed by atoms with van der Waals surface area (Å²) in [6.45, 7) is 0. The molecule has 1 heterocycles. The Morgan fingerprint density at radius 2 is 1.69 bits per heavy atom. The number of amides is 1. The molecule has 0 aliphatic rings. The molecule has 4 rings (SSSR count). The number of benzene rings is 3. The number of nitrogens with zero attached hydrogens (tertiary/aromatic N) is 1. The van der Waals surface area contributed by atoms with E-state index in [0.29, 0.717) is 21.8 Å². The van der Waals surface area contributed by atoms with E-state index in [-0.39, 0.29) is 41.2 Å². The van der Waals surface area contributed by atoms with Crippen molar-refractivity contribution in [1.82, 2.24) is 4.98 Å². The monoisotopic (exact) mass is 368 g/mol. The Morgan fingerprint density at radius 1 is 0.962 bits per heavy atom. The summed E-state index contributed by atoms with van der Waals surface area (Å²) in [5.74, 6) is -0.328. The van der Waals surface area contributed by atoms with E-state index < -0.39 is 0 Å². The van der Waals surface area contributed by atoms with Crippen molar-refractivity contribution in [2.45, 2.75) is 0 Å². The molecule has 1 amide bonds. The summed E-state index contributed by atoms with van der Waals surface area (Å²) in [5, 5.41) is 15.7. The van der Waals surface area contributed by atoms with Crippen molar-refractivity contribution in [3.8, 4) is 16.3 Å². The maximum absolute atomic E-state index is 12.3. The van der Waals surface area contributed by atoms with E-state index in [1.54, 1.807) is 24.3 Å². The Kier molecular flexibility index (Phi) is 5.74. The third-order valence-electron chi connectivity index (χ3n) is 3.80. The molecule has 26 heavy (non-hydrogen) atoms. The predicted octanol–water partition coefficient (Wildman–Crippen LogP) is 1.29. The zero-order valence-electron chi connectivity index (χ0n) is 14.1. The van der Waals surface area contributed by atoms with Gasteiger partial charge in [-0.15, -0.1) is 11.3 Å². The van der Waals surface area contributed by atoms with Crippen LogP contribution in [-0.4, -0.2) is 10.9 Å². The summed E-state index contributed by atoms with van der Waals surface area (Å²) < 4.78 is 1.02. The molecule has 0 radical (unpaired) electrons. The Hall–Kier alpha value is -2.18. The normalized spacial score (nSPS) is 10.3. The van der Waals surface area contributed by atoms with Crippen LogP contribution >= 0.6 is 11.3 Å². The molecule has 0 bridgehead atoms. The molecule has 0 aliphatic carbocycles. The van der Waals surface area contributed by atoms with Gasteiger partial charge in [0.15, 0.2) is 0 Å². The first kappa shape index (κ1) is 18.6. The predicted molar refractivity (Wildman–Crippen MR) is 98.9 cm³/mol. The molecule has 0 saturated heterocycles. The third kappa shape index (κ3) is 3.81. The Bertz CT molecular complexity index is 1030. The molecule has 1 N–H and O–H groups in total. The van der Waals surface area contributed by atoms with Crippen LogP contribution in [0.3, 0.4) is 0 Å². The Labute approximate surface area is 176 Å². The quantitative estimate of drug-likeness (QED) is 0.555. The van der Waals surface area contributed by atoms with E-state index in [4.69, 9.17) is 0 Å². The fraction of sp³-hybridized carbons (Fsp3) is 0. The van der Waals surface area contributed by atoms with Gasteiger partial charge in [0.05, 0.1) is 10.2 Å². The molecular weight excluding hydrogens is 355 g/mol. The van der Waals surface area contributed by atoms with E-state index in [9.17, 15) is 9.90 Å². The summed E-state index contributed by atoms with van der Waals surface area (Å²) in [4.78, 5) is 16.8. The van der Waals surface area contributed by atoms with E-state index in [0.717, 1.165) is 10.2 Å². The smallest absolute Gasteiger partial charge is 0.872 e. The van der Waals surface area contributed by atoms with Crippen molar-refractivity contribution >= 4 is 33.1 Å². The van der Waals surface area contributed by atoms with Crippen LogP contribution in [0.4, 0.5) is 5.69 Å². The van der Waals surface area contributed by atoms with E-state index in [1.807, 2.05) is 42.5 Å². The van der Waals surface area contributed by atoms with Crippen LogP contribution < -0.4 is 40.0 Å². The number of carbonyl (C=O) groups is 1. The summed E-state index contributed by atoms with van der Waals surface area (Å²) in [7, 11) is 0. The Balaban J connectivity index is 0.00000196. The minimum atomic E-state index is -0.213. The van der Waals surface area contributed by atoms with Gasteiger partial charge in [-0.05, 0) is 36.4 Å². The van der Waals surface area contributed by atoms with Gasteiger partial charge in [-0.25, -0.2) is 4.98 Å². The van der Waals surface area contributed by atoms with Gasteiger partial charge in [-0.1, -0.05) is 42.1 Å². The average molecular weight is 368 g/mol. The zero-order chi connectivity index (χ0) is 17.2. The molecule has 6 heteroatoms. The van der Waals surface area contributed by atoms with Gasteiger partial charge in [-0.3, -0.25) is 4.79 Å². The van der Waals surface area contributed by atoms with Crippen molar-refractivity contribution < 1.29 is 39.5 Å². The number of fused-ring (bicyclic) bond motifs is 1. The van der Waals surface area contributed by atoms with Crippen molar-refractivity contribution in [2.75, 3.05) is 5.32 Å². The van der Waals surface area contributed by atoms with Crippen molar-refractivity contribution in [2.24, 2.45) is 0 Å². The summed E-state index contributed by atoms with van der Waals surface area (Å²) >= 11 is 1.46. The van der Waals surface area contributed by atoms with Gasteiger partial charge in [0.1, 0.15) is 5.01 Å². The molecule has 3 aromatic carbocycles. The number of hydrogen-bond donors (Lipinski definition) is 1. The van der Waals surface area contributed by atoms with Crippen LogP contribution in [-0.2, 0) is 0 Å². The SMILES string of the molecule is O=C(Nc1ccc([O-])c(-c2nc3ccccc3s2)c1)c1ccccc1.[Na+]. The fourth-order valence-corrected chi connectivity index (χ4v) is 3.54. The maximum atomic E-state index is 12.3. The molecule has 122 valence electrons. The van der Waals surface area contributed by atoms with Crippen molar-refractivity contribution in [3.63, 3.8) is 0 Å². The van der Waals surface area contributed by atoms with Crippen LogP contribution in [0.2, 0.25) is 0 Å². The second kappa shape index (κ2) is 8.01. The first-order valence-corrected chi connectivity index (χ1v) is 8.56. The number of para-hydroxylation sites is 1. The first-order chi connectivity index (χ1) is 12.2. The molecule has 0 atom stereocenters. The minimum Gasteiger partial charge on any atom is -0.872 e. The second-order valence-corrected chi connectivity index (χ2v) is 6.55. The molecule has 0 spiro atoms. The average Bonchev–Trinajstić information content (AvgIpc) is 3.08. The van der Waals surface area contributed by atoms with Crippen molar-refractivity contribution in [1.29, 1.82) is 0 Å². The largest absolute Gasteiger partial charge is 1.00 e. The van der Waals surface area contributed by atoms with Gasteiger partial charge in [0, 0.05) is 16.8 Å². The summed E-state index contributed by atoms with van der Waals surface area (Å²) in [5.41, 5.74) is 2.49. The van der Waals surface area contributed by atoms with Crippen LogP contribution in [0.1, 0.15) is 10.4 Å². The number of hydrogen-bond acceptors (Lipinski definition) is 4. The maximum Gasteiger partial charge on any atom is 1.00 e. The number of rotatable bonds is 3. The summed E-state index contributed by atoms with van der Waals surface area (Å²) in [6, 6.07) is 21.5. The van der Waals surface area contributed by atoms with Crippen molar-refractivity contribution in [3.05, 3.63) is 78.4 Å². The molecule has 0 fully saturated rings. The van der Waals surface area contributed by atoms with Gasteiger partial charge >= 0.3 is 29.6 Å². The van der Waals surface area contributed by atoms with Crippen LogP contribution in [0.5, 0.6) is 5.75 Å². The van der Waals surface area contributed by atoms with Gasteiger partial charge in [0.2, 0.25) is 0 Å². The molecule has 0 aliphatic heterocycles. The number of thiazole rings is 1. The number of carbonyl (C=O) groups excluding carboxylic acids is 1. The van der Waals surface area contributed by atoms with E-state index in [2.05, 4.69) is 10.3 Å². The fourth-order valence-electron chi connectivity index (χ4n) is 2.56. The van der Waals surface area contributed by atoms with Crippen LogP contribution in [0.15, 0.2) is 72.8 Å². The van der Waals surface area contributed by atoms with Crippen LogP contribution in [0.25, 0.3) is 20.8 Å². The topological polar surface area (TPSA) is 65.0 Å². The van der Waals surface area contributed by atoms with E-state index in [1.165, 1.54) is 17.4 Å². The number of aromatic nitrogens is 1. The third-order valence-corrected chi connectivity index (χ3v) is 4.87. The van der Waals surface area contributed by atoms with Gasteiger partial charge in [-0.2, -0.15) is 0 Å². The summed E-state index contributed by atoms with van der Waals surface area (Å²) in [6.07, 6.45) is 0.